The lowest BCUT2D eigenvalue weighted by Crippen LogP contribution is -2.28. The van der Waals surface area contributed by atoms with E-state index in [1.165, 1.54) is 5.69 Å². The molecule has 3 aromatic rings. The molecule has 26 heavy (non-hydrogen) atoms. The first-order chi connectivity index (χ1) is 12.8. The topological polar surface area (TPSA) is 72.0 Å². The van der Waals surface area contributed by atoms with Gasteiger partial charge in [0.15, 0.2) is 0 Å². The van der Waals surface area contributed by atoms with Crippen molar-refractivity contribution in [2.45, 2.75) is 33.0 Å². The van der Waals surface area contributed by atoms with Crippen LogP contribution in [0.4, 0.5) is 5.95 Å². The highest BCUT2D eigenvalue weighted by atomic mass is 16.3. The van der Waals surface area contributed by atoms with E-state index in [-0.39, 0.29) is 0 Å². The third kappa shape index (κ3) is 4.11. The third-order valence-corrected chi connectivity index (χ3v) is 4.71. The molecule has 0 saturated heterocycles. The quantitative estimate of drug-likeness (QED) is 0.735. The zero-order valence-corrected chi connectivity index (χ0v) is 15.0. The lowest BCUT2D eigenvalue weighted by atomic mass is 10.1. The molecule has 0 aromatic carbocycles. The van der Waals surface area contributed by atoms with Crippen LogP contribution < -0.4 is 5.32 Å². The number of rotatable bonds is 6. The number of hydrogen-bond acceptors (Lipinski definition) is 6. The molecular weight excluding hydrogens is 328 g/mol. The van der Waals surface area contributed by atoms with Crippen molar-refractivity contribution in [3.63, 3.8) is 0 Å². The van der Waals surface area contributed by atoms with Gasteiger partial charge < -0.3 is 9.73 Å². The smallest absolute Gasteiger partial charge is 0.222 e. The minimum atomic E-state index is 0.503. The number of fused-ring (bicyclic) bond motifs is 1. The molecule has 1 atom stereocenters. The van der Waals surface area contributed by atoms with Gasteiger partial charge in [-0.25, -0.2) is 9.97 Å². The van der Waals surface area contributed by atoms with Gasteiger partial charge in [-0.05, 0) is 43.5 Å². The Kier molecular flexibility index (Phi) is 4.97. The molecule has 7 nitrogen and oxygen atoms in total. The summed E-state index contributed by atoms with van der Waals surface area (Å²) in [6.07, 6.45) is 6.43. The van der Waals surface area contributed by atoms with Gasteiger partial charge in [-0.3, -0.25) is 9.58 Å². The molecule has 136 valence electrons. The molecule has 4 heterocycles. The Hall–Kier alpha value is -2.67. The van der Waals surface area contributed by atoms with Gasteiger partial charge in [0.2, 0.25) is 5.95 Å². The van der Waals surface area contributed by atoms with Gasteiger partial charge in [0.1, 0.15) is 11.5 Å². The fourth-order valence-corrected chi connectivity index (χ4v) is 3.49. The summed E-state index contributed by atoms with van der Waals surface area (Å²) in [7, 11) is 0. The van der Waals surface area contributed by atoms with Crippen LogP contribution in [0.1, 0.15) is 23.6 Å². The second-order valence-corrected chi connectivity index (χ2v) is 6.84. The summed E-state index contributed by atoms with van der Waals surface area (Å²) < 4.78 is 7.91. The first kappa shape index (κ1) is 16.8. The summed E-state index contributed by atoms with van der Waals surface area (Å²) in [5, 5.41) is 7.81. The first-order valence-corrected chi connectivity index (χ1v) is 9.05. The van der Waals surface area contributed by atoms with Gasteiger partial charge >= 0.3 is 0 Å². The maximum atomic E-state index is 5.78. The van der Waals surface area contributed by atoms with E-state index in [9.17, 15) is 0 Å². The first-order valence-electron chi connectivity index (χ1n) is 9.05. The van der Waals surface area contributed by atoms with E-state index < -0.39 is 0 Å². The van der Waals surface area contributed by atoms with Crippen molar-refractivity contribution in [2.75, 3.05) is 18.4 Å². The van der Waals surface area contributed by atoms with E-state index in [0.29, 0.717) is 11.9 Å². The fourth-order valence-electron chi connectivity index (χ4n) is 3.49. The molecule has 0 unspecified atom stereocenters. The molecule has 1 aliphatic rings. The Bertz CT molecular complexity index is 827. The Balaban J connectivity index is 1.40. The molecule has 0 saturated carbocycles. The zero-order valence-electron chi connectivity index (χ0n) is 15.0. The highest BCUT2D eigenvalue weighted by Gasteiger charge is 2.23. The average molecular weight is 352 g/mol. The van der Waals surface area contributed by atoms with Crippen molar-refractivity contribution < 1.29 is 4.42 Å². The number of nitrogens with one attached hydrogen (secondary N) is 1. The predicted octanol–water partition coefficient (Wildman–Crippen LogP) is 2.71. The lowest BCUT2D eigenvalue weighted by molar-refractivity contribution is 0.201. The standard InChI is InChI=1S/C19H24N6O/c1-15-3-4-18(26-15)14-24-11-16(12-25-17(13-24)6-10-23-25)5-9-22-19-20-7-2-8-21-19/h2-4,6-8,10,16H,5,9,11-14H2,1H3,(H,20,21,22)/t16-/m0/s1. The van der Waals surface area contributed by atoms with Crippen molar-refractivity contribution >= 4 is 5.95 Å². The van der Waals surface area contributed by atoms with Crippen LogP contribution in [-0.2, 0) is 19.6 Å². The molecule has 0 fully saturated rings. The summed E-state index contributed by atoms with van der Waals surface area (Å²) in [5.74, 6) is 3.17. The SMILES string of the molecule is Cc1ccc(CN2Cc3ccnn3C[C@@H](CCNc3ncccn3)C2)o1. The van der Waals surface area contributed by atoms with Crippen LogP contribution >= 0.6 is 0 Å². The molecule has 3 aromatic heterocycles. The van der Waals surface area contributed by atoms with Gasteiger partial charge in [0, 0.05) is 44.8 Å². The van der Waals surface area contributed by atoms with Gasteiger partial charge in [0.05, 0.1) is 12.2 Å². The highest BCUT2D eigenvalue weighted by molar-refractivity contribution is 5.21. The van der Waals surface area contributed by atoms with Crippen molar-refractivity contribution in [2.24, 2.45) is 5.92 Å². The van der Waals surface area contributed by atoms with Crippen molar-refractivity contribution in [3.8, 4) is 0 Å². The molecule has 0 spiro atoms. The summed E-state index contributed by atoms with van der Waals surface area (Å²) >= 11 is 0. The van der Waals surface area contributed by atoms with Crippen molar-refractivity contribution in [3.05, 3.63) is 60.1 Å². The van der Waals surface area contributed by atoms with Crippen LogP contribution in [0.25, 0.3) is 0 Å². The van der Waals surface area contributed by atoms with E-state index in [2.05, 4.69) is 42.1 Å². The molecule has 0 aliphatic carbocycles. The van der Waals surface area contributed by atoms with Gasteiger partial charge in [-0.2, -0.15) is 5.10 Å². The number of hydrogen-bond donors (Lipinski definition) is 1. The summed E-state index contributed by atoms with van der Waals surface area (Å²) in [6.45, 7) is 6.50. The number of aryl methyl sites for hydroxylation is 1. The molecule has 1 aliphatic heterocycles. The van der Waals surface area contributed by atoms with Crippen molar-refractivity contribution in [1.82, 2.24) is 24.6 Å². The van der Waals surface area contributed by atoms with E-state index in [4.69, 9.17) is 4.42 Å². The van der Waals surface area contributed by atoms with Crippen LogP contribution in [0.5, 0.6) is 0 Å². The number of nitrogens with zero attached hydrogens (tertiary/aromatic N) is 5. The molecule has 0 amide bonds. The van der Waals surface area contributed by atoms with Crippen LogP contribution in [0, 0.1) is 12.8 Å². The second-order valence-electron chi connectivity index (χ2n) is 6.84. The molecule has 1 N–H and O–H groups in total. The lowest BCUT2D eigenvalue weighted by Gasteiger charge is -2.23. The minimum Gasteiger partial charge on any atom is -0.465 e. The highest BCUT2D eigenvalue weighted by Crippen LogP contribution is 2.21. The fraction of sp³-hybridized carbons (Fsp3) is 0.421. The largest absolute Gasteiger partial charge is 0.465 e. The Labute approximate surface area is 153 Å². The third-order valence-electron chi connectivity index (χ3n) is 4.71. The van der Waals surface area contributed by atoms with E-state index in [0.717, 1.165) is 50.7 Å². The van der Waals surface area contributed by atoms with E-state index in [1.807, 2.05) is 25.3 Å². The summed E-state index contributed by atoms with van der Waals surface area (Å²) in [4.78, 5) is 10.9. The number of aromatic nitrogens is 4. The molecule has 4 rings (SSSR count). The predicted molar refractivity (Wildman–Crippen MR) is 98.4 cm³/mol. The second kappa shape index (κ2) is 7.70. The summed E-state index contributed by atoms with van der Waals surface area (Å²) in [6, 6.07) is 8.03. The molecular formula is C19H24N6O. The Morgan fingerprint density at radius 3 is 2.85 bits per heavy atom. The van der Waals surface area contributed by atoms with Crippen LogP contribution in [-0.4, -0.2) is 37.7 Å². The van der Waals surface area contributed by atoms with Crippen molar-refractivity contribution in [1.29, 1.82) is 0 Å². The molecule has 7 heteroatoms. The van der Waals surface area contributed by atoms with Gasteiger partial charge in [-0.1, -0.05) is 0 Å². The van der Waals surface area contributed by atoms with Crippen LogP contribution in [0.15, 0.2) is 47.3 Å². The van der Waals surface area contributed by atoms with Crippen LogP contribution in [0.2, 0.25) is 0 Å². The average Bonchev–Trinajstić information content (AvgIpc) is 3.21. The van der Waals surface area contributed by atoms with E-state index >= 15 is 0 Å². The maximum Gasteiger partial charge on any atom is 0.222 e. The minimum absolute atomic E-state index is 0.503. The van der Waals surface area contributed by atoms with Crippen LogP contribution in [0.3, 0.4) is 0 Å². The molecule has 0 bridgehead atoms. The number of anilines is 1. The monoisotopic (exact) mass is 352 g/mol. The zero-order chi connectivity index (χ0) is 17.8. The van der Waals surface area contributed by atoms with Gasteiger partial charge in [0.25, 0.3) is 0 Å². The van der Waals surface area contributed by atoms with Gasteiger partial charge in [-0.15, -0.1) is 0 Å². The Morgan fingerprint density at radius 2 is 2.04 bits per heavy atom. The number of furan rings is 1. The Morgan fingerprint density at radius 1 is 1.15 bits per heavy atom. The maximum absolute atomic E-state index is 5.78. The van der Waals surface area contributed by atoms with E-state index in [1.54, 1.807) is 12.4 Å². The molecule has 0 radical (unpaired) electrons. The summed E-state index contributed by atoms with van der Waals surface area (Å²) in [5.41, 5.74) is 1.26. The normalized spacial score (nSPS) is 17.7.